The Hall–Kier alpha value is -2.64. The summed E-state index contributed by atoms with van der Waals surface area (Å²) < 4.78 is 52.7. The van der Waals surface area contributed by atoms with E-state index in [0.29, 0.717) is 19.4 Å². The number of carbonyl (C=O) groups excluding carboxylic acids is 2. The second kappa shape index (κ2) is 7.71. The van der Waals surface area contributed by atoms with E-state index in [9.17, 15) is 22.8 Å². The molecule has 178 valence electrons. The minimum atomic E-state index is -4.69. The fraction of sp³-hybridized carbons (Fsp3) is 0.609. The normalized spacial score (nSPS) is 36.0. The first-order valence-electron chi connectivity index (χ1n) is 10.9. The van der Waals surface area contributed by atoms with Gasteiger partial charge in [-0.1, -0.05) is 0 Å². The summed E-state index contributed by atoms with van der Waals surface area (Å²) >= 11 is 0. The van der Waals surface area contributed by atoms with Gasteiger partial charge in [0, 0.05) is 18.7 Å². The number of carbonyl (C=O) groups is 2. The number of rotatable bonds is 3. The van der Waals surface area contributed by atoms with E-state index < -0.39 is 40.1 Å². The molecule has 5 rings (SSSR count). The monoisotopic (exact) mass is 465 g/mol. The molecule has 33 heavy (non-hydrogen) atoms. The third-order valence-corrected chi connectivity index (χ3v) is 7.75. The lowest BCUT2D eigenvalue weighted by atomic mass is 9.57. The molecule has 1 aromatic carbocycles. The van der Waals surface area contributed by atoms with E-state index in [1.54, 1.807) is 6.07 Å². The first kappa shape index (κ1) is 23.5. The molecule has 4 aliphatic rings. The van der Waals surface area contributed by atoms with Crippen LogP contribution in [0.5, 0.6) is 0 Å². The number of fused-ring (bicyclic) bond motifs is 2. The van der Waals surface area contributed by atoms with Crippen molar-refractivity contribution >= 4 is 18.0 Å². The van der Waals surface area contributed by atoms with Gasteiger partial charge >= 0.3 is 6.18 Å². The molecular weight excluding hydrogens is 439 g/mol. The van der Waals surface area contributed by atoms with E-state index in [1.807, 2.05) is 20.8 Å². The van der Waals surface area contributed by atoms with Crippen LogP contribution < -0.4 is 10.2 Å². The van der Waals surface area contributed by atoms with Gasteiger partial charge in [0.2, 0.25) is 12.3 Å². The minimum Gasteiger partial charge on any atom is -0.367 e. The number of nitrogens with zero attached hydrogens (tertiary/aromatic N) is 2. The van der Waals surface area contributed by atoms with E-state index in [1.165, 1.54) is 11.0 Å². The number of nitrogens with one attached hydrogen (secondary N) is 1. The van der Waals surface area contributed by atoms with Gasteiger partial charge in [0.05, 0.1) is 46.3 Å². The SMILES string of the molecule is CC12CCC3(CCOC4C3[C@@]1(C)C(=O)N4c1ccc(C#N)c(C(F)(F)F)c1)O2.CCNC=O. The van der Waals surface area contributed by atoms with Gasteiger partial charge in [-0.3, -0.25) is 14.5 Å². The summed E-state index contributed by atoms with van der Waals surface area (Å²) in [5.41, 5.74) is -3.38. The number of hydrogen-bond donors (Lipinski definition) is 1. The van der Waals surface area contributed by atoms with Gasteiger partial charge in [0.15, 0.2) is 0 Å². The van der Waals surface area contributed by atoms with Crippen molar-refractivity contribution in [3.8, 4) is 6.07 Å². The molecule has 0 saturated carbocycles. The zero-order valence-corrected chi connectivity index (χ0v) is 18.7. The Balaban J connectivity index is 0.000000471. The standard InChI is InChI=1S/C20H19F3N2O3.C3H7NO/c1-17-5-6-19(28-17)7-8-27-15-14(19)18(17,2)16(26)25(15)12-4-3-11(10-24)13(9-12)20(21,22)23;1-2-4-3-5/h3-4,9,14-15H,5-8H2,1-2H3;3H,2H2,1H3,(H,4,5)/t14?,15?,17?,18-,19?;/m0./s1. The summed E-state index contributed by atoms with van der Waals surface area (Å²) in [6.07, 6.45) is -2.42. The molecule has 2 amide bonds. The number of ether oxygens (including phenoxy) is 2. The molecule has 1 spiro atoms. The van der Waals surface area contributed by atoms with Crippen LogP contribution in [0.25, 0.3) is 0 Å². The lowest BCUT2D eigenvalue weighted by Gasteiger charge is -2.43. The molecule has 7 nitrogen and oxygen atoms in total. The van der Waals surface area contributed by atoms with E-state index in [2.05, 4.69) is 5.32 Å². The smallest absolute Gasteiger partial charge is 0.367 e. The average molecular weight is 465 g/mol. The Labute approximate surface area is 189 Å². The predicted molar refractivity (Wildman–Crippen MR) is 111 cm³/mol. The molecule has 0 radical (unpaired) electrons. The molecule has 4 fully saturated rings. The van der Waals surface area contributed by atoms with Crippen LogP contribution in [0.2, 0.25) is 0 Å². The number of anilines is 1. The predicted octanol–water partition coefficient (Wildman–Crippen LogP) is 3.37. The molecule has 4 unspecified atom stereocenters. The number of halogens is 3. The van der Waals surface area contributed by atoms with Crippen LogP contribution in [0.1, 0.15) is 51.2 Å². The fourth-order valence-corrected chi connectivity index (χ4v) is 6.08. The van der Waals surface area contributed by atoms with Crippen molar-refractivity contribution in [1.82, 2.24) is 5.32 Å². The van der Waals surface area contributed by atoms with Gasteiger partial charge in [-0.25, -0.2) is 0 Å². The van der Waals surface area contributed by atoms with Crippen molar-refractivity contribution in [2.24, 2.45) is 11.3 Å². The van der Waals surface area contributed by atoms with Crippen LogP contribution in [-0.4, -0.2) is 42.9 Å². The Bertz CT molecular complexity index is 1020. The quantitative estimate of drug-likeness (QED) is 0.692. The van der Waals surface area contributed by atoms with Crippen molar-refractivity contribution in [2.45, 2.75) is 63.6 Å². The first-order valence-corrected chi connectivity index (χ1v) is 10.9. The summed E-state index contributed by atoms with van der Waals surface area (Å²) in [6, 6.07) is 4.97. The van der Waals surface area contributed by atoms with E-state index in [4.69, 9.17) is 14.7 Å². The lowest BCUT2D eigenvalue weighted by Crippen LogP contribution is -2.53. The highest BCUT2D eigenvalue weighted by Gasteiger charge is 2.81. The van der Waals surface area contributed by atoms with Crippen LogP contribution in [0.15, 0.2) is 18.2 Å². The van der Waals surface area contributed by atoms with Crippen molar-refractivity contribution in [1.29, 1.82) is 5.26 Å². The van der Waals surface area contributed by atoms with Crippen molar-refractivity contribution < 1.29 is 32.2 Å². The maximum absolute atomic E-state index is 13.6. The average Bonchev–Trinajstić information content (AvgIpc) is 3.30. The van der Waals surface area contributed by atoms with Crippen LogP contribution in [0, 0.1) is 22.7 Å². The van der Waals surface area contributed by atoms with Gasteiger partial charge in [0.1, 0.15) is 6.23 Å². The molecule has 4 heterocycles. The second-order valence-corrected chi connectivity index (χ2v) is 9.28. The molecule has 0 aromatic heterocycles. The molecule has 5 atom stereocenters. The largest absolute Gasteiger partial charge is 0.417 e. The molecule has 10 heteroatoms. The third-order valence-electron chi connectivity index (χ3n) is 7.75. The fourth-order valence-electron chi connectivity index (χ4n) is 6.08. The zero-order chi connectivity index (χ0) is 24.2. The molecule has 1 N–H and O–H groups in total. The number of alkyl halides is 3. The van der Waals surface area contributed by atoms with Gasteiger partial charge in [-0.15, -0.1) is 0 Å². The summed E-state index contributed by atoms with van der Waals surface area (Å²) in [6.45, 7) is 6.77. The first-order chi connectivity index (χ1) is 15.5. The summed E-state index contributed by atoms with van der Waals surface area (Å²) in [4.78, 5) is 24.2. The van der Waals surface area contributed by atoms with Crippen LogP contribution in [-0.2, 0) is 25.2 Å². The second-order valence-electron chi connectivity index (χ2n) is 9.28. The van der Waals surface area contributed by atoms with E-state index >= 15 is 0 Å². The van der Waals surface area contributed by atoms with Crippen LogP contribution in [0.4, 0.5) is 18.9 Å². The Kier molecular flexibility index (Phi) is 5.49. The number of benzene rings is 1. The molecule has 0 aliphatic carbocycles. The molecular formula is C23H26F3N3O4. The Morgan fingerprint density at radius 2 is 2.03 bits per heavy atom. The topological polar surface area (TPSA) is 91.7 Å². The maximum Gasteiger partial charge on any atom is 0.417 e. The highest BCUT2D eigenvalue weighted by Crippen LogP contribution is 2.71. The van der Waals surface area contributed by atoms with Crippen molar-refractivity contribution in [2.75, 3.05) is 18.1 Å². The molecule has 1 aromatic rings. The lowest BCUT2D eigenvalue weighted by molar-refractivity contribution is -0.142. The Morgan fingerprint density at radius 1 is 1.30 bits per heavy atom. The Morgan fingerprint density at radius 3 is 2.61 bits per heavy atom. The molecule has 4 aliphatic heterocycles. The van der Waals surface area contributed by atoms with Gasteiger partial charge in [0.25, 0.3) is 0 Å². The van der Waals surface area contributed by atoms with Crippen LogP contribution in [0.3, 0.4) is 0 Å². The number of nitriles is 1. The van der Waals surface area contributed by atoms with Crippen molar-refractivity contribution in [3.05, 3.63) is 29.3 Å². The number of hydrogen-bond acceptors (Lipinski definition) is 5. The summed E-state index contributed by atoms with van der Waals surface area (Å²) in [5, 5.41) is 11.5. The summed E-state index contributed by atoms with van der Waals surface area (Å²) in [5.74, 6) is -0.503. The van der Waals surface area contributed by atoms with Gasteiger partial charge in [-0.2, -0.15) is 18.4 Å². The third kappa shape index (κ3) is 3.16. The highest BCUT2D eigenvalue weighted by molar-refractivity contribution is 6.02. The van der Waals surface area contributed by atoms with Crippen LogP contribution >= 0.6 is 0 Å². The number of amides is 2. The molecule has 2 bridgehead atoms. The summed E-state index contributed by atoms with van der Waals surface area (Å²) in [7, 11) is 0. The maximum atomic E-state index is 13.6. The van der Waals surface area contributed by atoms with Gasteiger partial charge < -0.3 is 14.8 Å². The highest BCUT2D eigenvalue weighted by atomic mass is 19.4. The van der Waals surface area contributed by atoms with E-state index in [0.717, 1.165) is 31.5 Å². The van der Waals surface area contributed by atoms with Gasteiger partial charge in [-0.05, 0) is 51.8 Å². The zero-order valence-electron chi connectivity index (χ0n) is 18.7. The van der Waals surface area contributed by atoms with Crippen molar-refractivity contribution in [3.63, 3.8) is 0 Å². The van der Waals surface area contributed by atoms with E-state index in [-0.39, 0.29) is 17.5 Å². The minimum absolute atomic E-state index is 0.108. The molecule has 4 saturated heterocycles.